The van der Waals surface area contributed by atoms with Crippen molar-refractivity contribution in [3.63, 3.8) is 0 Å². The van der Waals surface area contributed by atoms with Crippen molar-refractivity contribution in [2.75, 3.05) is 39.5 Å². The molecule has 0 aromatic heterocycles. The number of morpholine rings is 1. The number of carbonyl (C=O) groups excluding carboxylic acids is 1. The van der Waals surface area contributed by atoms with E-state index < -0.39 is 10.9 Å². The molecule has 21 heavy (non-hydrogen) atoms. The number of esters is 1. The van der Waals surface area contributed by atoms with E-state index in [1.165, 1.54) is 6.07 Å². The van der Waals surface area contributed by atoms with Crippen molar-refractivity contribution in [1.82, 2.24) is 4.90 Å². The molecule has 0 saturated carbocycles. The third-order valence-corrected chi connectivity index (χ3v) is 3.40. The fraction of sp³-hybridized carbons (Fsp3) is 0.500. The second-order valence-electron chi connectivity index (χ2n) is 4.82. The molecule has 1 aromatic carbocycles. The Morgan fingerprint density at radius 3 is 2.81 bits per heavy atom. The molecule has 1 heterocycles. The first-order chi connectivity index (χ1) is 10.1. The first-order valence-electron chi connectivity index (χ1n) is 6.81. The van der Waals surface area contributed by atoms with Crippen molar-refractivity contribution in [3.8, 4) is 0 Å². The van der Waals surface area contributed by atoms with Gasteiger partial charge in [0.25, 0.3) is 5.69 Å². The summed E-state index contributed by atoms with van der Waals surface area (Å²) in [5, 5.41) is 11.0. The monoisotopic (exact) mass is 294 g/mol. The molecule has 1 fully saturated rings. The highest BCUT2D eigenvalue weighted by Gasteiger charge is 2.23. The molecule has 114 valence electrons. The van der Waals surface area contributed by atoms with Crippen LogP contribution in [0.1, 0.15) is 15.9 Å². The minimum absolute atomic E-state index is 0.0319. The van der Waals surface area contributed by atoms with Gasteiger partial charge in [-0.2, -0.15) is 0 Å². The Bertz CT molecular complexity index is 526. The van der Waals surface area contributed by atoms with Gasteiger partial charge in [-0.15, -0.1) is 0 Å². The Morgan fingerprint density at radius 1 is 1.43 bits per heavy atom. The Kier molecular flexibility index (Phi) is 5.24. The Balaban J connectivity index is 1.95. The van der Waals surface area contributed by atoms with Crippen LogP contribution in [0.3, 0.4) is 0 Å². The molecule has 0 bridgehead atoms. The molecule has 0 aliphatic carbocycles. The number of nitro groups is 1. The molecule has 0 radical (unpaired) electrons. The van der Waals surface area contributed by atoms with Crippen LogP contribution in [0.2, 0.25) is 0 Å². The van der Waals surface area contributed by atoms with Gasteiger partial charge in [-0.25, -0.2) is 4.79 Å². The lowest BCUT2D eigenvalue weighted by atomic mass is 10.1. The molecule has 1 aliphatic rings. The quantitative estimate of drug-likeness (QED) is 0.464. The number of carbonyl (C=O) groups is 1. The molecule has 1 saturated heterocycles. The fourth-order valence-electron chi connectivity index (χ4n) is 2.23. The Hall–Kier alpha value is -1.99. The van der Waals surface area contributed by atoms with Crippen LogP contribution < -0.4 is 0 Å². The molecular weight excluding hydrogens is 276 g/mol. The molecule has 0 spiro atoms. The summed E-state index contributed by atoms with van der Waals surface area (Å²) in [6.07, 6.45) is 0. The number of ether oxygens (including phenoxy) is 2. The molecule has 7 heteroatoms. The van der Waals surface area contributed by atoms with Gasteiger partial charge in [-0.05, 0) is 12.5 Å². The summed E-state index contributed by atoms with van der Waals surface area (Å²) >= 11 is 0. The number of hydrogen-bond donors (Lipinski definition) is 0. The predicted molar refractivity (Wildman–Crippen MR) is 75.4 cm³/mol. The van der Waals surface area contributed by atoms with Gasteiger partial charge in [0, 0.05) is 25.7 Å². The second kappa shape index (κ2) is 7.14. The molecule has 1 aliphatic heterocycles. The fourth-order valence-corrected chi connectivity index (χ4v) is 2.23. The van der Waals surface area contributed by atoms with Crippen LogP contribution in [0.15, 0.2) is 18.2 Å². The maximum Gasteiger partial charge on any atom is 0.345 e. The minimum atomic E-state index is -0.645. The van der Waals surface area contributed by atoms with Crippen molar-refractivity contribution < 1.29 is 19.2 Å². The topological polar surface area (TPSA) is 81.9 Å². The van der Waals surface area contributed by atoms with Crippen molar-refractivity contribution >= 4 is 11.7 Å². The molecule has 0 amide bonds. The van der Waals surface area contributed by atoms with Gasteiger partial charge in [0.1, 0.15) is 12.2 Å². The SMILES string of the molecule is Cc1cccc([N+](=O)[O-])c1C(=O)OCCN1CCOCC1. The van der Waals surface area contributed by atoms with Crippen molar-refractivity contribution in [2.45, 2.75) is 6.92 Å². The maximum atomic E-state index is 12.1. The zero-order chi connectivity index (χ0) is 15.2. The standard InChI is InChI=1S/C14H18N2O5/c1-11-3-2-4-12(16(18)19)13(11)14(17)21-10-7-15-5-8-20-9-6-15/h2-4H,5-10H2,1H3. The van der Waals surface area contributed by atoms with Crippen molar-refractivity contribution in [1.29, 1.82) is 0 Å². The van der Waals surface area contributed by atoms with Crippen LogP contribution in [-0.2, 0) is 9.47 Å². The lowest BCUT2D eigenvalue weighted by molar-refractivity contribution is -0.385. The lowest BCUT2D eigenvalue weighted by Gasteiger charge is -2.26. The van der Waals surface area contributed by atoms with Gasteiger partial charge in [0.15, 0.2) is 0 Å². The summed E-state index contributed by atoms with van der Waals surface area (Å²) in [7, 11) is 0. The summed E-state index contributed by atoms with van der Waals surface area (Å²) < 4.78 is 10.4. The van der Waals surface area contributed by atoms with Gasteiger partial charge in [0.2, 0.25) is 0 Å². The van der Waals surface area contributed by atoms with E-state index in [2.05, 4.69) is 4.90 Å². The molecule has 1 aromatic rings. The predicted octanol–water partition coefficient (Wildman–Crippen LogP) is 1.39. The molecule has 0 unspecified atom stereocenters. The molecule has 7 nitrogen and oxygen atoms in total. The largest absolute Gasteiger partial charge is 0.461 e. The molecule has 2 rings (SSSR count). The summed E-state index contributed by atoms with van der Waals surface area (Å²) in [4.78, 5) is 24.6. The third kappa shape index (κ3) is 3.99. The first kappa shape index (κ1) is 15.4. The van der Waals surface area contributed by atoms with E-state index in [9.17, 15) is 14.9 Å². The zero-order valence-electron chi connectivity index (χ0n) is 11.9. The van der Waals surface area contributed by atoms with Crippen LogP contribution in [0, 0.1) is 17.0 Å². The van der Waals surface area contributed by atoms with Crippen LogP contribution in [-0.4, -0.2) is 55.2 Å². The highest BCUT2D eigenvalue weighted by molar-refractivity contribution is 5.95. The highest BCUT2D eigenvalue weighted by atomic mass is 16.6. The van der Waals surface area contributed by atoms with E-state index in [1.54, 1.807) is 19.1 Å². The van der Waals surface area contributed by atoms with E-state index in [-0.39, 0.29) is 17.9 Å². The normalized spacial score (nSPS) is 15.7. The van der Waals surface area contributed by atoms with E-state index in [0.717, 1.165) is 13.1 Å². The maximum absolute atomic E-state index is 12.1. The van der Waals surface area contributed by atoms with E-state index >= 15 is 0 Å². The average molecular weight is 294 g/mol. The van der Waals surface area contributed by atoms with Crippen LogP contribution in [0.5, 0.6) is 0 Å². The number of nitro benzene ring substituents is 1. The molecule has 0 atom stereocenters. The van der Waals surface area contributed by atoms with E-state index in [4.69, 9.17) is 9.47 Å². The lowest BCUT2D eigenvalue weighted by Crippen LogP contribution is -2.38. The zero-order valence-corrected chi connectivity index (χ0v) is 11.9. The van der Waals surface area contributed by atoms with Gasteiger partial charge >= 0.3 is 5.97 Å². The first-order valence-corrected chi connectivity index (χ1v) is 6.81. The van der Waals surface area contributed by atoms with E-state index in [0.29, 0.717) is 25.3 Å². The van der Waals surface area contributed by atoms with E-state index in [1.807, 2.05) is 0 Å². The smallest absolute Gasteiger partial charge is 0.345 e. The van der Waals surface area contributed by atoms with Gasteiger partial charge in [0.05, 0.1) is 18.1 Å². The Morgan fingerprint density at radius 2 is 2.14 bits per heavy atom. The van der Waals surface area contributed by atoms with Gasteiger partial charge in [-0.1, -0.05) is 12.1 Å². The van der Waals surface area contributed by atoms with Crippen LogP contribution >= 0.6 is 0 Å². The second-order valence-corrected chi connectivity index (χ2v) is 4.82. The minimum Gasteiger partial charge on any atom is -0.461 e. The molecular formula is C14H18N2O5. The molecule has 0 N–H and O–H groups in total. The average Bonchev–Trinajstić information content (AvgIpc) is 2.47. The summed E-state index contributed by atoms with van der Waals surface area (Å²) in [5.41, 5.74) is 0.358. The van der Waals surface area contributed by atoms with Crippen LogP contribution in [0.4, 0.5) is 5.69 Å². The number of rotatable bonds is 5. The van der Waals surface area contributed by atoms with Gasteiger partial charge in [-0.3, -0.25) is 15.0 Å². The van der Waals surface area contributed by atoms with Crippen molar-refractivity contribution in [3.05, 3.63) is 39.4 Å². The number of benzene rings is 1. The third-order valence-electron chi connectivity index (χ3n) is 3.40. The number of nitrogens with zero attached hydrogens (tertiary/aromatic N) is 2. The van der Waals surface area contributed by atoms with Gasteiger partial charge < -0.3 is 9.47 Å². The van der Waals surface area contributed by atoms with Crippen molar-refractivity contribution in [2.24, 2.45) is 0 Å². The number of aryl methyl sites for hydroxylation is 1. The summed E-state index contributed by atoms with van der Waals surface area (Å²) in [5.74, 6) is -0.645. The highest BCUT2D eigenvalue weighted by Crippen LogP contribution is 2.22. The summed E-state index contributed by atoms with van der Waals surface area (Å²) in [6, 6.07) is 4.52. The summed E-state index contributed by atoms with van der Waals surface area (Å²) in [6.45, 7) is 5.45. The van der Waals surface area contributed by atoms with Crippen LogP contribution in [0.25, 0.3) is 0 Å². The Labute approximate surface area is 122 Å². The number of hydrogen-bond acceptors (Lipinski definition) is 6.